The van der Waals surface area contributed by atoms with Gasteiger partial charge in [-0.25, -0.2) is 9.31 Å². The van der Waals surface area contributed by atoms with Crippen molar-refractivity contribution in [3.63, 3.8) is 0 Å². The van der Waals surface area contributed by atoms with E-state index in [1.54, 1.807) is 16.6 Å². The van der Waals surface area contributed by atoms with E-state index < -0.39 is 12.0 Å². The van der Waals surface area contributed by atoms with Crippen molar-refractivity contribution in [2.24, 2.45) is 0 Å². The molecule has 0 atom stereocenters. The number of ether oxygens (including phenoxy) is 1. The van der Waals surface area contributed by atoms with E-state index in [-0.39, 0.29) is 17.6 Å². The Bertz CT molecular complexity index is 1390. The third kappa shape index (κ3) is 3.44. The number of carbonyl (C=O) groups is 2. The fraction of sp³-hybridized carbons (Fsp3) is 0.304. The Labute approximate surface area is 194 Å². The van der Waals surface area contributed by atoms with Crippen LogP contribution in [0.2, 0.25) is 0 Å². The van der Waals surface area contributed by atoms with E-state index in [9.17, 15) is 9.59 Å². The second-order valence-electron chi connectivity index (χ2n) is 8.70. The number of anilines is 1. The normalized spacial score (nSPS) is 21.9. The molecule has 34 heavy (non-hydrogen) atoms. The molecule has 3 fully saturated rings. The van der Waals surface area contributed by atoms with Crippen LogP contribution in [0.25, 0.3) is 16.9 Å². The third-order valence-corrected chi connectivity index (χ3v) is 6.35. The lowest BCUT2D eigenvalue weighted by molar-refractivity contribution is -0.0585. The van der Waals surface area contributed by atoms with Crippen LogP contribution in [0.5, 0.6) is 0 Å². The van der Waals surface area contributed by atoms with Gasteiger partial charge in [-0.1, -0.05) is 0 Å². The SMILES string of the molecule is COC(=O)NC12CC(Nc3cc(-c4ccc5cc(C#N)cnn45)ncc3C(=O)NCC#N)(C1)C2. The summed E-state index contributed by atoms with van der Waals surface area (Å²) in [6, 6.07) is 11.2. The fourth-order valence-electron chi connectivity index (χ4n) is 4.96. The van der Waals surface area contributed by atoms with E-state index in [1.165, 1.54) is 19.5 Å². The molecule has 3 aromatic heterocycles. The third-order valence-electron chi connectivity index (χ3n) is 6.35. The number of carbonyl (C=O) groups excluding carboxylic acids is 2. The molecule has 2 amide bonds. The molecule has 3 heterocycles. The molecule has 3 aromatic rings. The Morgan fingerprint density at radius 3 is 2.68 bits per heavy atom. The summed E-state index contributed by atoms with van der Waals surface area (Å²) >= 11 is 0. The number of aromatic nitrogens is 3. The van der Waals surface area contributed by atoms with Gasteiger partial charge >= 0.3 is 6.09 Å². The van der Waals surface area contributed by atoms with Gasteiger partial charge in [0.25, 0.3) is 5.91 Å². The molecule has 170 valence electrons. The van der Waals surface area contributed by atoms with Gasteiger partial charge in [-0.05, 0) is 43.5 Å². The topological polar surface area (TPSA) is 157 Å². The number of methoxy groups -OCH3 is 1. The van der Waals surface area contributed by atoms with Crippen LogP contribution < -0.4 is 16.0 Å². The first-order valence-electron chi connectivity index (χ1n) is 10.6. The van der Waals surface area contributed by atoms with Gasteiger partial charge < -0.3 is 20.7 Å². The van der Waals surface area contributed by atoms with Crippen molar-refractivity contribution in [2.45, 2.75) is 30.3 Å². The summed E-state index contributed by atoms with van der Waals surface area (Å²) in [7, 11) is 1.33. The second kappa shape index (κ2) is 7.74. The summed E-state index contributed by atoms with van der Waals surface area (Å²) in [5, 5.41) is 31.2. The molecule has 11 heteroatoms. The van der Waals surface area contributed by atoms with Crippen molar-refractivity contribution in [3.05, 3.63) is 47.8 Å². The molecule has 6 rings (SSSR count). The van der Waals surface area contributed by atoms with Crippen molar-refractivity contribution in [1.82, 2.24) is 25.2 Å². The van der Waals surface area contributed by atoms with Crippen LogP contribution in [0.3, 0.4) is 0 Å². The van der Waals surface area contributed by atoms with Crippen molar-refractivity contribution in [3.8, 4) is 23.5 Å². The molecular weight excluding hydrogens is 436 g/mol. The molecule has 0 aliphatic heterocycles. The average Bonchev–Trinajstić information content (AvgIpc) is 3.23. The fourth-order valence-corrected chi connectivity index (χ4v) is 4.96. The van der Waals surface area contributed by atoms with E-state index in [0.717, 1.165) is 5.52 Å². The lowest BCUT2D eigenvalue weighted by Gasteiger charge is -2.70. The van der Waals surface area contributed by atoms with Gasteiger partial charge in [-0.2, -0.15) is 15.6 Å². The van der Waals surface area contributed by atoms with Crippen molar-refractivity contribution in [1.29, 1.82) is 10.5 Å². The quantitative estimate of drug-likeness (QED) is 0.475. The summed E-state index contributed by atoms with van der Waals surface area (Å²) in [5.41, 5.74) is 2.87. The number of fused-ring (bicyclic) bond motifs is 1. The first-order valence-corrected chi connectivity index (χ1v) is 10.6. The van der Waals surface area contributed by atoms with Crippen LogP contribution in [-0.4, -0.2) is 51.3 Å². The molecule has 11 nitrogen and oxygen atoms in total. The molecule has 2 bridgehead atoms. The number of rotatable bonds is 6. The predicted molar refractivity (Wildman–Crippen MR) is 120 cm³/mol. The van der Waals surface area contributed by atoms with E-state index in [0.29, 0.717) is 47.5 Å². The second-order valence-corrected chi connectivity index (χ2v) is 8.70. The highest BCUT2D eigenvalue weighted by Gasteiger charge is 2.69. The largest absolute Gasteiger partial charge is 0.453 e. The molecule has 0 spiro atoms. The maximum atomic E-state index is 12.7. The zero-order chi connectivity index (χ0) is 23.9. The van der Waals surface area contributed by atoms with Crippen LogP contribution in [0.1, 0.15) is 35.2 Å². The van der Waals surface area contributed by atoms with Crippen LogP contribution in [0.4, 0.5) is 10.5 Å². The monoisotopic (exact) mass is 456 g/mol. The first-order chi connectivity index (χ1) is 16.4. The van der Waals surface area contributed by atoms with E-state index in [2.05, 4.69) is 32.1 Å². The van der Waals surface area contributed by atoms with Crippen LogP contribution >= 0.6 is 0 Å². The summed E-state index contributed by atoms with van der Waals surface area (Å²) in [4.78, 5) is 28.8. The zero-order valence-corrected chi connectivity index (χ0v) is 18.3. The molecule has 3 N–H and O–H groups in total. The van der Waals surface area contributed by atoms with Gasteiger partial charge in [0.15, 0.2) is 0 Å². The highest BCUT2D eigenvalue weighted by Crippen LogP contribution is 2.62. The maximum absolute atomic E-state index is 12.7. The van der Waals surface area contributed by atoms with Gasteiger partial charge in [0.2, 0.25) is 0 Å². The molecule has 0 aromatic carbocycles. The zero-order valence-electron chi connectivity index (χ0n) is 18.3. The number of nitrogens with zero attached hydrogens (tertiary/aromatic N) is 5. The number of nitriles is 2. The first kappa shape index (κ1) is 21.2. The Kier molecular flexibility index (Phi) is 4.83. The Balaban J connectivity index is 1.46. The number of hydrogen-bond acceptors (Lipinski definition) is 8. The van der Waals surface area contributed by atoms with Crippen LogP contribution in [0, 0.1) is 22.7 Å². The predicted octanol–water partition coefficient (Wildman–Crippen LogP) is 1.96. The maximum Gasteiger partial charge on any atom is 0.407 e. The molecular formula is C23H20N8O3. The molecule has 0 saturated heterocycles. The van der Waals surface area contributed by atoms with Crippen LogP contribution in [-0.2, 0) is 4.74 Å². The van der Waals surface area contributed by atoms with Crippen molar-refractivity contribution >= 4 is 23.2 Å². The minimum absolute atomic E-state index is 0.119. The minimum Gasteiger partial charge on any atom is -0.453 e. The summed E-state index contributed by atoms with van der Waals surface area (Å²) in [6.45, 7) is -0.119. The number of hydrogen-bond donors (Lipinski definition) is 3. The van der Waals surface area contributed by atoms with Crippen molar-refractivity contribution < 1.29 is 14.3 Å². The summed E-state index contributed by atoms with van der Waals surface area (Å²) in [6.07, 6.45) is 4.62. The highest BCUT2D eigenvalue weighted by molar-refractivity contribution is 6.00. The number of amides is 2. The Morgan fingerprint density at radius 2 is 1.97 bits per heavy atom. The number of pyridine rings is 1. The van der Waals surface area contributed by atoms with Gasteiger partial charge in [0.1, 0.15) is 12.6 Å². The molecule has 3 aliphatic rings. The average molecular weight is 456 g/mol. The molecule has 3 saturated carbocycles. The minimum atomic E-state index is -0.455. The molecule has 3 aliphatic carbocycles. The Morgan fingerprint density at radius 1 is 1.18 bits per heavy atom. The number of nitrogens with one attached hydrogen (secondary N) is 3. The molecule has 0 radical (unpaired) electrons. The lowest BCUT2D eigenvalue weighted by atomic mass is 9.44. The highest BCUT2D eigenvalue weighted by atomic mass is 16.5. The standard InChI is InChI=1S/C23H20N8O3/c1-34-21(33)30-23-11-22(12-23,13-23)29-17-7-18(27-10-16(17)20(32)26-5-4-24)19-3-2-15-6-14(8-25)9-28-31(15)19/h2-3,6-7,9-10H,5,11-13H2,1H3,(H,26,32)(H,27,29)(H,30,33). The Hall–Kier alpha value is -4.64. The summed E-state index contributed by atoms with van der Waals surface area (Å²) in [5.74, 6) is -0.408. The van der Waals surface area contributed by atoms with Gasteiger partial charge in [0.05, 0.1) is 58.6 Å². The van der Waals surface area contributed by atoms with Gasteiger partial charge in [-0.3, -0.25) is 9.78 Å². The van der Waals surface area contributed by atoms with Gasteiger partial charge in [-0.15, -0.1) is 0 Å². The smallest absolute Gasteiger partial charge is 0.407 e. The van der Waals surface area contributed by atoms with Crippen LogP contribution in [0.15, 0.2) is 36.7 Å². The number of alkyl carbamates (subject to hydrolysis) is 1. The van der Waals surface area contributed by atoms with E-state index in [1.807, 2.05) is 18.2 Å². The van der Waals surface area contributed by atoms with Gasteiger partial charge in [0, 0.05) is 11.7 Å². The molecule has 0 unspecified atom stereocenters. The van der Waals surface area contributed by atoms with Crippen molar-refractivity contribution in [2.75, 3.05) is 19.0 Å². The lowest BCUT2D eigenvalue weighted by Crippen LogP contribution is -2.81. The van der Waals surface area contributed by atoms with E-state index in [4.69, 9.17) is 15.3 Å². The van der Waals surface area contributed by atoms with E-state index >= 15 is 0 Å². The summed E-state index contributed by atoms with van der Waals surface area (Å²) < 4.78 is 6.39.